The van der Waals surface area contributed by atoms with E-state index in [2.05, 4.69) is 43.4 Å². The molecule has 0 amide bonds. The zero-order valence-electron chi connectivity index (χ0n) is 23.2. The number of likely N-dealkylation sites (tertiary alicyclic amines) is 1. The number of rotatable bonds is 8. The van der Waals surface area contributed by atoms with Crippen LogP contribution in [-0.4, -0.2) is 58.4 Å². The van der Waals surface area contributed by atoms with Gasteiger partial charge >= 0.3 is 6.18 Å². The van der Waals surface area contributed by atoms with Crippen molar-refractivity contribution in [3.63, 3.8) is 0 Å². The number of azo groups is 1. The standard InChI is InChI=1S/C29H29F3N8OS/c1-17-22-9-20(13-33)40(14-19-3-6-36-38-19)25(22)11-26(41-2)24(17)15-39-7-4-18(5-8-39)37-27-23-10-21(12-29(30,31)32)42-28(23)35-16-34-27/h3,9-11,16,18H,4-8,12,14-15H2,1-2H3,(H,34,35,37). The Morgan fingerprint density at radius 2 is 1.95 bits per heavy atom. The van der Waals surface area contributed by atoms with Gasteiger partial charge in [0.2, 0.25) is 0 Å². The number of halogens is 3. The number of fused-ring (bicyclic) bond motifs is 2. The number of alkyl halides is 3. The number of methoxy groups -OCH3 is 1. The molecule has 0 atom stereocenters. The number of ether oxygens (including phenoxy) is 1. The fourth-order valence-corrected chi connectivity index (χ4v) is 6.78. The van der Waals surface area contributed by atoms with E-state index < -0.39 is 12.6 Å². The van der Waals surface area contributed by atoms with Crippen LogP contribution in [0.3, 0.4) is 0 Å². The summed E-state index contributed by atoms with van der Waals surface area (Å²) in [5, 5.41) is 23.1. The predicted octanol–water partition coefficient (Wildman–Crippen LogP) is 6.37. The van der Waals surface area contributed by atoms with Crippen molar-refractivity contribution in [2.75, 3.05) is 32.1 Å². The lowest BCUT2D eigenvalue weighted by Gasteiger charge is -2.33. The van der Waals surface area contributed by atoms with Crippen LogP contribution in [0.5, 0.6) is 5.75 Å². The Bertz CT molecular complexity index is 1740. The summed E-state index contributed by atoms with van der Waals surface area (Å²) in [6.07, 6.45) is -0.155. The number of nitriles is 1. The zero-order chi connectivity index (χ0) is 29.4. The SMILES string of the molecule is COc1cc2c(cc(C#N)n2CC2=CCN=N2)c(C)c1CN1CCC(Nc2ncnc3sc(CC(F)(F)F)cc23)CC1. The Labute approximate surface area is 244 Å². The fourth-order valence-electron chi connectivity index (χ4n) is 5.75. The molecule has 0 spiro atoms. The number of nitrogens with zero attached hydrogens (tertiary/aromatic N) is 7. The van der Waals surface area contributed by atoms with Crippen LogP contribution in [0.4, 0.5) is 19.0 Å². The van der Waals surface area contributed by atoms with E-state index in [1.54, 1.807) is 13.2 Å². The minimum atomic E-state index is -4.26. The molecule has 13 heteroatoms. The normalized spacial score (nSPS) is 16.3. The van der Waals surface area contributed by atoms with Crippen LogP contribution in [0.1, 0.15) is 34.5 Å². The molecule has 2 aliphatic heterocycles. The highest BCUT2D eigenvalue weighted by Gasteiger charge is 2.29. The third kappa shape index (κ3) is 5.69. The number of hydrogen-bond acceptors (Lipinski definition) is 9. The van der Waals surface area contributed by atoms with Crippen molar-refractivity contribution in [2.24, 2.45) is 10.2 Å². The fraction of sp³-hybridized carbons (Fsp3) is 0.414. The van der Waals surface area contributed by atoms with Crippen LogP contribution in [-0.2, 0) is 19.5 Å². The van der Waals surface area contributed by atoms with Crippen LogP contribution in [0.2, 0.25) is 0 Å². The molecule has 2 aliphatic rings. The molecule has 1 fully saturated rings. The molecule has 1 aromatic carbocycles. The molecule has 0 saturated carbocycles. The summed E-state index contributed by atoms with van der Waals surface area (Å²) in [5.74, 6) is 1.36. The van der Waals surface area contributed by atoms with Gasteiger partial charge in [0.15, 0.2) is 0 Å². The lowest BCUT2D eigenvalue weighted by atomic mass is 10.00. The molecule has 0 aliphatic carbocycles. The van der Waals surface area contributed by atoms with Gasteiger partial charge in [0.05, 0.1) is 43.2 Å². The largest absolute Gasteiger partial charge is 0.496 e. The van der Waals surface area contributed by atoms with Crippen molar-refractivity contribution in [2.45, 2.75) is 51.5 Å². The minimum Gasteiger partial charge on any atom is -0.496 e. The first-order valence-corrected chi connectivity index (χ1v) is 14.5. The molecule has 0 bridgehead atoms. The van der Waals surface area contributed by atoms with Crippen LogP contribution < -0.4 is 10.1 Å². The van der Waals surface area contributed by atoms with E-state index in [-0.39, 0.29) is 10.9 Å². The minimum absolute atomic E-state index is 0.144. The highest BCUT2D eigenvalue weighted by atomic mass is 32.1. The van der Waals surface area contributed by atoms with Gasteiger partial charge in [0.25, 0.3) is 0 Å². The maximum absolute atomic E-state index is 12.9. The second kappa shape index (κ2) is 11.3. The molecule has 9 nitrogen and oxygen atoms in total. The molecule has 0 radical (unpaired) electrons. The smallest absolute Gasteiger partial charge is 0.393 e. The summed E-state index contributed by atoms with van der Waals surface area (Å²) >= 11 is 1.06. The highest BCUT2D eigenvalue weighted by Crippen LogP contribution is 2.36. The van der Waals surface area contributed by atoms with Gasteiger partial charge in [0, 0.05) is 47.6 Å². The van der Waals surface area contributed by atoms with Crippen LogP contribution in [0.15, 0.2) is 46.5 Å². The molecule has 1 N–H and O–H groups in total. The maximum atomic E-state index is 12.9. The molecular weight excluding hydrogens is 565 g/mol. The molecule has 0 unspecified atom stereocenters. The van der Waals surface area contributed by atoms with E-state index >= 15 is 0 Å². The molecule has 6 rings (SSSR count). The first-order chi connectivity index (χ1) is 20.2. The Balaban J connectivity index is 1.16. The number of nitrogens with one attached hydrogen (secondary N) is 1. The second-order valence-corrected chi connectivity index (χ2v) is 11.7. The van der Waals surface area contributed by atoms with Gasteiger partial charge in [-0.3, -0.25) is 4.90 Å². The maximum Gasteiger partial charge on any atom is 0.393 e. The van der Waals surface area contributed by atoms with E-state index in [1.807, 2.05) is 22.8 Å². The Morgan fingerprint density at radius 3 is 2.64 bits per heavy atom. The van der Waals surface area contributed by atoms with Gasteiger partial charge in [-0.2, -0.15) is 28.7 Å². The number of benzene rings is 1. The molecule has 42 heavy (non-hydrogen) atoms. The van der Waals surface area contributed by atoms with Gasteiger partial charge in [-0.05, 0) is 43.5 Å². The molecule has 3 aromatic heterocycles. The zero-order valence-corrected chi connectivity index (χ0v) is 24.0. The van der Waals surface area contributed by atoms with Gasteiger partial charge in [0.1, 0.15) is 34.5 Å². The van der Waals surface area contributed by atoms with Crippen molar-refractivity contribution in [3.05, 3.63) is 58.0 Å². The van der Waals surface area contributed by atoms with E-state index in [4.69, 9.17) is 4.74 Å². The van der Waals surface area contributed by atoms with E-state index in [1.165, 1.54) is 6.33 Å². The first-order valence-electron chi connectivity index (χ1n) is 13.7. The topological polar surface area (TPSA) is 104 Å². The summed E-state index contributed by atoms with van der Waals surface area (Å²) in [4.78, 5) is 11.7. The number of aromatic nitrogens is 3. The van der Waals surface area contributed by atoms with Gasteiger partial charge in [-0.1, -0.05) is 0 Å². The Hall–Kier alpha value is -4.02. The Kier molecular flexibility index (Phi) is 7.59. The van der Waals surface area contributed by atoms with E-state index in [0.717, 1.165) is 70.7 Å². The van der Waals surface area contributed by atoms with E-state index in [9.17, 15) is 18.4 Å². The van der Waals surface area contributed by atoms with Crippen molar-refractivity contribution < 1.29 is 17.9 Å². The monoisotopic (exact) mass is 594 g/mol. The third-order valence-corrected chi connectivity index (χ3v) is 8.93. The highest BCUT2D eigenvalue weighted by molar-refractivity contribution is 7.18. The number of allylic oxidation sites excluding steroid dienone is 1. The molecule has 5 heterocycles. The second-order valence-electron chi connectivity index (χ2n) is 10.6. The van der Waals surface area contributed by atoms with Crippen molar-refractivity contribution in [1.82, 2.24) is 19.4 Å². The summed E-state index contributed by atoms with van der Waals surface area (Å²) in [6, 6.07) is 7.96. The summed E-state index contributed by atoms with van der Waals surface area (Å²) in [5.41, 5.74) is 4.50. The van der Waals surface area contributed by atoms with Crippen LogP contribution in [0.25, 0.3) is 21.1 Å². The number of anilines is 1. The molecule has 218 valence electrons. The van der Waals surface area contributed by atoms with Crippen molar-refractivity contribution in [1.29, 1.82) is 5.26 Å². The van der Waals surface area contributed by atoms with Crippen molar-refractivity contribution in [3.8, 4) is 11.8 Å². The average Bonchev–Trinajstić information content (AvgIpc) is 3.70. The quantitative estimate of drug-likeness (QED) is 0.254. The number of aryl methyl sites for hydroxylation is 1. The summed E-state index contributed by atoms with van der Waals surface area (Å²) in [6.45, 7) is 5.48. The molecule has 4 aromatic rings. The van der Waals surface area contributed by atoms with Gasteiger partial charge in [-0.15, -0.1) is 11.3 Å². The summed E-state index contributed by atoms with van der Waals surface area (Å²) < 4.78 is 46.6. The lowest BCUT2D eigenvalue weighted by Crippen LogP contribution is -2.39. The van der Waals surface area contributed by atoms with Gasteiger partial charge < -0.3 is 14.6 Å². The summed E-state index contributed by atoms with van der Waals surface area (Å²) in [7, 11) is 1.67. The molecule has 1 saturated heterocycles. The van der Waals surface area contributed by atoms with Crippen LogP contribution in [0, 0.1) is 18.3 Å². The number of hydrogen-bond donors (Lipinski definition) is 1. The van der Waals surface area contributed by atoms with E-state index in [0.29, 0.717) is 41.4 Å². The van der Waals surface area contributed by atoms with Gasteiger partial charge in [-0.25, -0.2) is 9.97 Å². The third-order valence-electron chi connectivity index (χ3n) is 7.89. The Morgan fingerprint density at radius 1 is 1.14 bits per heavy atom. The predicted molar refractivity (Wildman–Crippen MR) is 155 cm³/mol. The van der Waals surface area contributed by atoms with Crippen molar-refractivity contribution >= 4 is 38.3 Å². The number of thiophene rings is 1. The lowest BCUT2D eigenvalue weighted by molar-refractivity contribution is -0.126. The number of piperidine rings is 1. The van der Waals surface area contributed by atoms with Crippen LogP contribution >= 0.6 is 11.3 Å². The molecular formula is C29H29F3N8OS. The average molecular weight is 595 g/mol. The first kappa shape index (κ1) is 28.1.